The van der Waals surface area contributed by atoms with Crippen molar-refractivity contribution in [3.63, 3.8) is 0 Å². The number of hydrogen-bond donors (Lipinski definition) is 1. The van der Waals surface area contributed by atoms with Crippen LogP contribution >= 0.6 is 0 Å². The van der Waals surface area contributed by atoms with Gasteiger partial charge < -0.3 is 14.6 Å². The molecule has 1 fully saturated rings. The Kier molecular flexibility index (Phi) is 5.13. The topological polar surface area (TPSA) is 60.2 Å². The van der Waals surface area contributed by atoms with Gasteiger partial charge in [0.05, 0.1) is 12.1 Å². The highest BCUT2D eigenvalue weighted by atomic mass is 16.5. The number of rotatable bonds is 6. The third kappa shape index (κ3) is 3.78. The van der Waals surface area contributed by atoms with E-state index in [1.165, 1.54) is 12.8 Å². The van der Waals surface area contributed by atoms with Crippen molar-refractivity contribution >= 4 is 0 Å². The van der Waals surface area contributed by atoms with Crippen molar-refractivity contribution in [1.29, 1.82) is 0 Å². The average Bonchev–Trinajstić information content (AvgIpc) is 2.86. The zero-order valence-electron chi connectivity index (χ0n) is 11.3. The maximum Gasteiger partial charge on any atom is 0.243 e. The minimum Gasteiger partial charge on any atom is -0.378 e. The van der Waals surface area contributed by atoms with E-state index in [0.29, 0.717) is 5.89 Å². The molecular formula is C13H23N3O2. The van der Waals surface area contributed by atoms with Crippen LogP contribution in [-0.2, 0) is 11.2 Å². The third-order valence-corrected chi connectivity index (χ3v) is 3.24. The zero-order valence-corrected chi connectivity index (χ0v) is 11.3. The van der Waals surface area contributed by atoms with E-state index >= 15 is 0 Å². The molecular weight excluding hydrogens is 230 g/mol. The highest BCUT2D eigenvalue weighted by molar-refractivity contribution is 4.93. The predicted octanol–water partition coefficient (Wildman–Crippen LogP) is 2.24. The molecule has 2 atom stereocenters. The van der Waals surface area contributed by atoms with E-state index < -0.39 is 0 Å². The van der Waals surface area contributed by atoms with E-state index in [4.69, 9.17) is 9.26 Å². The highest BCUT2D eigenvalue weighted by Crippen LogP contribution is 2.17. The van der Waals surface area contributed by atoms with Crippen molar-refractivity contribution in [2.45, 2.75) is 58.1 Å². The van der Waals surface area contributed by atoms with E-state index in [1.807, 2.05) is 6.92 Å². The fraction of sp³-hybridized carbons (Fsp3) is 0.846. The van der Waals surface area contributed by atoms with E-state index in [-0.39, 0.29) is 12.1 Å². The maximum atomic E-state index is 5.68. The first-order chi connectivity index (χ1) is 8.79. The Hall–Kier alpha value is -0.940. The molecule has 0 bridgehead atoms. The smallest absolute Gasteiger partial charge is 0.243 e. The molecule has 1 N–H and O–H groups in total. The van der Waals surface area contributed by atoms with Crippen molar-refractivity contribution in [2.24, 2.45) is 0 Å². The van der Waals surface area contributed by atoms with Crippen LogP contribution in [0.5, 0.6) is 0 Å². The molecule has 2 heterocycles. The molecule has 0 aromatic carbocycles. The van der Waals surface area contributed by atoms with E-state index in [9.17, 15) is 0 Å². The van der Waals surface area contributed by atoms with Gasteiger partial charge in [0.25, 0.3) is 0 Å². The van der Waals surface area contributed by atoms with Crippen molar-refractivity contribution in [1.82, 2.24) is 15.5 Å². The monoisotopic (exact) mass is 253 g/mol. The van der Waals surface area contributed by atoms with Crippen LogP contribution in [0.3, 0.4) is 0 Å². The Morgan fingerprint density at radius 2 is 2.33 bits per heavy atom. The number of nitrogens with zero attached hydrogens (tertiary/aromatic N) is 2. The summed E-state index contributed by atoms with van der Waals surface area (Å²) in [6, 6.07) is 0.124. The van der Waals surface area contributed by atoms with Gasteiger partial charge >= 0.3 is 0 Å². The van der Waals surface area contributed by atoms with Crippen LogP contribution in [0.2, 0.25) is 0 Å². The van der Waals surface area contributed by atoms with Gasteiger partial charge in [-0.05, 0) is 39.2 Å². The van der Waals surface area contributed by atoms with Crippen LogP contribution in [0.1, 0.15) is 57.3 Å². The summed E-state index contributed by atoms with van der Waals surface area (Å²) in [6.45, 7) is 6.01. The van der Waals surface area contributed by atoms with Gasteiger partial charge in [-0.2, -0.15) is 4.98 Å². The molecule has 0 amide bonds. The van der Waals surface area contributed by atoms with Gasteiger partial charge in [0.2, 0.25) is 5.89 Å². The molecule has 0 aliphatic carbocycles. The normalized spacial score (nSPS) is 22.0. The lowest BCUT2D eigenvalue weighted by Gasteiger charge is -2.20. The SMILES string of the molecule is CCCNC(C)c1nc(CC2CCCCO2)no1. The Morgan fingerprint density at radius 1 is 1.44 bits per heavy atom. The molecule has 18 heavy (non-hydrogen) atoms. The lowest BCUT2D eigenvalue weighted by molar-refractivity contribution is 0.0153. The summed E-state index contributed by atoms with van der Waals surface area (Å²) in [6.07, 6.45) is 5.65. The molecule has 0 saturated carbocycles. The predicted molar refractivity (Wildman–Crippen MR) is 68.3 cm³/mol. The van der Waals surface area contributed by atoms with E-state index in [0.717, 1.165) is 38.2 Å². The quantitative estimate of drug-likeness (QED) is 0.842. The second-order valence-corrected chi connectivity index (χ2v) is 4.92. The van der Waals surface area contributed by atoms with Crippen molar-refractivity contribution in [3.05, 3.63) is 11.7 Å². The summed E-state index contributed by atoms with van der Waals surface area (Å²) in [5.74, 6) is 1.44. The average molecular weight is 253 g/mol. The maximum absolute atomic E-state index is 5.68. The Labute approximate surface area is 108 Å². The van der Waals surface area contributed by atoms with Crippen LogP contribution in [0.4, 0.5) is 0 Å². The van der Waals surface area contributed by atoms with Crippen molar-refractivity contribution < 1.29 is 9.26 Å². The summed E-state index contributed by atoms with van der Waals surface area (Å²) in [5.41, 5.74) is 0. The molecule has 2 unspecified atom stereocenters. The van der Waals surface area contributed by atoms with Crippen LogP contribution in [-0.4, -0.2) is 29.4 Å². The van der Waals surface area contributed by atoms with Crippen LogP contribution in [0, 0.1) is 0 Å². The molecule has 102 valence electrons. The van der Waals surface area contributed by atoms with Gasteiger partial charge in [0.1, 0.15) is 0 Å². The lowest BCUT2D eigenvalue weighted by atomic mass is 10.1. The third-order valence-electron chi connectivity index (χ3n) is 3.24. The molecule has 0 radical (unpaired) electrons. The lowest BCUT2D eigenvalue weighted by Crippen LogP contribution is -2.22. The highest BCUT2D eigenvalue weighted by Gasteiger charge is 2.19. The number of hydrogen-bond acceptors (Lipinski definition) is 5. The molecule has 1 aliphatic rings. The Morgan fingerprint density at radius 3 is 3.06 bits per heavy atom. The van der Waals surface area contributed by atoms with Gasteiger partial charge in [-0.25, -0.2) is 0 Å². The van der Waals surface area contributed by atoms with Crippen LogP contribution < -0.4 is 5.32 Å². The molecule has 1 saturated heterocycles. The first-order valence-corrected chi connectivity index (χ1v) is 6.97. The molecule has 1 aromatic heterocycles. The summed E-state index contributed by atoms with van der Waals surface area (Å²) in [5, 5.41) is 7.37. The van der Waals surface area contributed by atoms with Crippen LogP contribution in [0.25, 0.3) is 0 Å². The van der Waals surface area contributed by atoms with E-state index in [2.05, 4.69) is 22.4 Å². The second-order valence-electron chi connectivity index (χ2n) is 4.92. The molecule has 5 nitrogen and oxygen atoms in total. The number of ether oxygens (including phenoxy) is 1. The fourth-order valence-electron chi connectivity index (χ4n) is 2.15. The molecule has 1 aliphatic heterocycles. The summed E-state index contributed by atoms with van der Waals surface area (Å²) in [7, 11) is 0. The minimum absolute atomic E-state index is 0.124. The standard InChI is InChI=1S/C13H23N3O2/c1-3-7-14-10(2)13-15-12(16-18-13)9-11-6-4-5-8-17-11/h10-11,14H,3-9H2,1-2H3. The van der Waals surface area contributed by atoms with Gasteiger partial charge in [-0.3, -0.25) is 0 Å². The summed E-state index contributed by atoms with van der Waals surface area (Å²) in [4.78, 5) is 4.44. The van der Waals surface area contributed by atoms with Crippen molar-refractivity contribution in [3.8, 4) is 0 Å². The first-order valence-electron chi connectivity index (χ1n) is 6.97. The molecule has 5 heteroatoms. The Balaban J connectivity index is 1.84. The summed E-state index contributed by atoms with van der Waals surface area (Å²) < 4.78 is 11.0. The zero-order chi connectivity index (χ0) is 12.8. The number of nitrogens with one attached hydrogen (secondary N) is 1. The second kappa shape index (κ2) is 6.85. The van der Waals surface area contributed by atoms with E-state index in [1.54, 1.807) is 0 Å². The molecule has 2 rings (SSSR count). The number of aromatic nitrogens is 2. The summed E-state index contributed by atoms with van der Waals surface area (Å²) >= 11 is 0. The van der Waals surface area contributed by atoms with Crippen molar-refractivity contribution in [2.75, 3.05) is 13.2 Å². The van der Waals surface area contributed by atoms with Gasteiger partial charge in [-0.15, -0.1) is 0 Å². The van der Waals surface area contributed by atoms with Gasteiger partial charge in [0.15, 0.2) is 5.82 Å². The van der Waals surface area contributed by atoms with Crippen LogP contribution in [0.15, 0.2) is 4.52 Å². The van der Waals surface area contributed by atoms with Gasteiger partial charge in [-0.1, -0.05) is 12.1 Å². The van der Waals surface area contributed by atoms with Gasteiger partial charge in [0, 0.05) is 13.0 Å². The fourth-order valence-corrected chi connectivity index (χ4v) is 2.15. The molecule has 1 aromatic rings. The Bertz CT molecular complexity index is 348. The first kappa shape index (κ1) is 13.5. The largest absolute Gasteiger partial charge is 0.378 e. The molecule has 0 spiro atoms. The minimum atomic E-state index is 0.124.